The lowest BCUT2D eigenvalue weighted by atomic mass is 10.2. The van der Waals surface area contributed by atoms with E-state index in [2.05, 4.69) is 37.6 Å². The van der Waals surface area contributed by atoms with Crippen molar-refractivity contribution in [3.63, 3.8) is 0 Å². The molecule has 3 heterocycles. The summed E-state index contributed by atoms with van der Waals surface area (Å²) >= 11 is 1.64. The quantitative estimate of drug-likeness (QED) is 0.687. The van der Waals surface area contributed by atoms with Crippen LogP contribution in [0.3, 0.4) is 0 Å². The van der Waals surface area contributed by atoms with E-state index in [0.29, 0.717) is 6.42 Å². The van der Waals surface area contributed by atoms with Crippen molar-refractivity contribution in [1.82, 2.24) is 35.2 Å². The number of carbonyl (C=O) groups is 1. The minimum absolute atomic E-state index is 0.0552. The molecule has 2 atom stereocenters. The first-order valence-electron chi connectivity index (χ1n) is 8.14. The minimum Gasteiger partial charge on any atom is -0.328 e. The fraction of sp³-hybridized carbons (Fsp3) is 0.786. The average molecular weight is 339 g/mol. The second-order valence-corrected chi connectivity index (χ2v) is 7.03. The minimum atomic E-state index is -0.0552. The topological polar surface area (TPSA) is 78.3 Å². The maximum atomic E-state index is 12.0. The van der Waals surface area contributed by atoms with Gasteiger partial charge in [0.2, 0.25) is 5.91 Å². The number of aromatic nitrogens is 3. The average Bonchev–Trinajstić information content (AvgIpc) is 2.98. The van der Waals surface area contributed by atoms with Crippen LogP contribution >= 0.6 is 11.8 Å². The third-order valence-electron chi connectivity index (χ3n) is 4.43. The highest BCUT2D eigenvalue weighted by Crippen LogP contribution is 2.18. The summed E-state index contributed by atoms with van der Waals surface area (Å²) in [5.74, 6) is 0.931. The predicted molar refractivity (Wildman–Crippen MR) is 88.9 cm³/mol. The van der Waals surface area contributed by atoms with Gasteiger partial charge in [0.15, 0.2) is 5.16 Å². The number of nitrogens with one attached hydrogen (secondary N) is 2. The van der Waals surface area contributed by atoms with Crippen LogP contribution in [0.1, 0.15) is 13.3 Å². The Hall–Kier alpha value is -1.16. The van der Waals surface area contributed by atoms with Crippen LogP contribution in [0.2, 0.25) is 0 Å². The van der Waals surface area contributed by atoms with E-state index in [1.54, 1.807) is 18.1 Å². The Morgan fingerprint density at radius 2 is 2.13 bits per heavy atom. The zero-order valence-corrected chi connectivity index (χ0v) is 14.6. The fourth-order valence-electron chi connectivity index (χ4n) is 2.98. The van der Waals surface area contributed by atoms with Crippen LogP contribution in [0.5, 0.6) is 0 Å². The number of likely N-dealkylation sites (N-methyl/N-ethyl adjacent to an activating group) is 1. The molecule has 9 heteroatoms. The Kier molecular flexibility index (Phi) is 5.52. The first-order valence-corrected chi connectivity index (χ1v) is 9.13. The van der Waals surface area contributed by atoms with Gasteiger partial charge in [0.05, 0.1) is 0 Å². The van der Waals surface area contributed by atoms with Crippen LogP contribution in [0.15, 0.2) is 11.5 Å². The predicted octanol–water partition coefficient (Wildman–Crippen LogP) is -0.694. The summed E-state index contributed by atoms with van der Waals surface area (Å²) in [7, 11) is 1.93. The van der Waals surface area contributed by atoms with Crippen LogP contribution < -0.4 is 10.6 Å². The number of amides is 1. The van der Waals surface area contributed by atoms with E-state index in [1.165, 1.54) is 0 Å². The number of piperazine rings is 1. The molecule has 8 nitrogen and oxygen atoms in total. The molecule has 1 aromatic heterocycles. The zero-order valence-electron chi connectivity index (χ0n) is 13.7. The lowest BCUT2D eigenvalue weighted by Crippen LogP contribution is -2.67. The molecule has 0 aliphatic carbocycles. The lowest BCUT2D eigenvalue weighted by Gasteiger charge is -2.42. The van der Waals surface area contributed by atoms with Crippen LogP contribution in [-0.4, -0.2) is 81.3 Å². The molecule has 2 aliphatic rings. The van der Waals surface area contributed by atoms with E-state index < -0.39 is 0 Å². The summed E-state index contributed by atoms with van der Waals surface area (Å²) in [4.78, 5) is 16.8. The van der Waals surface area contributed by atoms with Crippen LogP contribution in [0.25, 0.3) is 0 Å². The number of aryl methyl sites for hydroxylation is 1. The van der Waals surface area contributed by atoms with Gasteiger partial charge in [-0.05, 0) is 6.54 Å². The second-order valence-electron chi connectivity index (χ2n) is 6.04. The van der Waals surface area contributed by atoms with Gasteiger partial charge in [0.25, 0.3) is 0 Å². The monoisotopic (exact) mass is 339 g/mol. The number of nitrogens with zero attached hydrogens (tertiary/aromatic N) is 5. The van der Waals surface area contributed by atoms with Gasteiger partial charge in [-0.2, -0.15) is 0 Å². The van der Waals surface area contributed by atoms with Gasteiger partial charge in [0.1, 0.15) is 12.6 Å². The molecule has 1 amide bonds. The molecule has 128 valence electrons. The zero-order chi connectivity index (χ0) is 16.2. The van der Waals surface area contributed by atoms with Crippen molar-refractivity contribution in [2.45, 2.75) is 30.8 Å². The molecule has 2 fully saturated rings. The van der Waals surface area contributed by atoms with Crippen molar-refractivity contribution in [2.24, 2.45) is 7.05 Å². The fourth-order valence-corrected chi connectivity index (χ4v) is 3.90. The lowest BCUT2D eigenvalue weighted by molar-refractivity contribution is -0.127. The van der Waals surface area contributed by atoms with E-state index >= 15 is 0 Å². The van der Waals surface area contributed by atoms with Gasteiger partial charge in [-0.3, -0.25) is 15.0 Å². The summed E-state index contributed by atoms with van der Waals surface area (Å²) in [6, 6.07) is 0.152. The number of thioether (sulfide) groups is 1. The maximum absolute atomic E-state index is 12.0. The molecule has 2 unspecified atom stereocenters. The molecular formula is C14H25N7OS. The highest BCUT2D eigenvalue weighted by Gasteiger charge is 2.31. The van der Waals surface area contributed by atoms with E-state index in [-0.39, 0.29) is 18.2 Å². The standard InChI is InChI=1S/C14H25N7OS/c1-3-20-4-6-21(7-5-20)13-16-11(8-12(22)17-13)9-23-14-18-15-10-19(14)2/h10-11,13,16H,3-9H2,1-2H3,(H,17,22). The third-order valence-corrected chi connectivity index (χ3v) is 5.62. The highest BCUT2D eigenvalue weighted by atomic mass is 32.2. The molecule has 3 rings (SSSR count). The Balaban J connectivity index is 1.52. The first-order chi connectivity index (χ1) is 11.2. The molecule has 2 aliphatic heterocycles. The SMILES string of the molecule is CCN1CCN(C2NC(=O)CC(CSc3nncn3C)N2)CC1. The summed E-state index contributed by atoms with van der Waals surface area (Å²) in [6.07, 6.45) is 2.15. The van der Waals surface area contributed by atoms with Gasteiger partial charge in [-0.25, -0.2) is 0 Å². The number of hydrogen-bond donors (Lipinski definition) is 2. The molecule has 0 aromatic carbocycles. The molecule has 23 heavy (non-hydrogen) atoms. The number of rotatable bonds is 5. The molecule has 0 saturated carbocycles. The van der Waals surface area contributed by atoms with E-state index in [0.717, 1.165) is 43.6 Å². The molecule has 0 bridgehead atoms. The van der Waals surface area contributed by atoms with Gasteiger partial charge in [0, 0.05) is 51.4 Å². The van der Waals surface area contributed by atoms with E-state index in [4.69, 9.17) is 0 Å². The second kappa shape index (κ2) is 7.61. The van der Waals surface area contributed by atoms with Crippen molar-refractivity contribution in [3.8, 4) is 0 Å². The van der Waals surface area contributed by atoms with E-state index in [9.17, 15) is 4.79 Å². The largest absolute Gasteiger partial charge is 0.328 e. The molecule has 1 aromatic rings. The Morgan fingerprint density at radius 3 is 2.78 bits per heavy atom. The van der Waals surface area contributed by atoms with Gasteiger partial charge in [-0.15, -0.1) is 10.2 Å². The number of carbonyl (C=O) groups excluding carboxylic acids is 1. The van der Waals surface area contributed by atoms with E-state index in [1.807, 2.05) is 11.6 Å². The summed E-state index contributed by atoms with van der Waals surface area (Å²) in [5.41, 5.74) is 0. The van der Waals surface area contributed by atoms with Crippen molar-refractivity contribution >= 4 is 17.7 Å². The van der Waals surface area contributed by atoms with Gasteiger partial charge >= 0.3 is 0 Å². The smallest absolute Gasteiger partial charge is 0.223 e. The molecule has 2 saturated heterocycles. The van der Waals surface area contributed by atoms with Crippen molar-refractivity contribution in [2.75, 3.05) is 38.5 Å². The molecule has 0 spiro atoms. The Labute approximate surface area is 141 Å². The Morgan fingerprint density at radius 1 is 1.35 bits per heavy atom. The number of hydrogen-bond acceptors (Lipinski definition) is 7. The molecule has 0 radical (unpaired) electrons. The summed E-state index contributed by atoms with van der Waals surface area (Å²) < 4.78 is 1.90. The van der Waals surface area contributed by atoms with Gasteiger partial charge in [-0.1, -0.05) is 18.7 Å². The maximum Gasteiger partial charge on any atom is 0.223 e. The van der Waals surface area contributed by atoms with Crippen LogP contribution in [-0.2, 0) is 11.8 Å². The summed E-state index contributed by atoms with van der Waals surface area (Å²) in [6.45, 7) is 7.36. The van der Waals surface area contributed by atoms with Crippen molar-refractivity contribution < 1.29 is 4.79 Å². The summed E-state index contributed by atoms with van der Waals surface area (Å²) in [5, 5.41) is 15.5. The molecular weight excluding hydrogens is 314 g/mol. The molecule has 2 N–H and O–H groups in total. The van der Waals surface area contributed by atoms with Crippen molar-refractivity contribution in [3.05, 3.63) is 6.33 Å². The van der Waals surface area contributed by atoms with Crippen molar-refractivity contribution in [1.29, 1.82) is 0 Å². The first kappa shape index (κ1) is 16.7. The third kappa shape index (κ3) is 4.23. The Bertz CT molecular complexity index is 529. The van der Waals surface area contributed by atoms with Crippen LogP contribution in [0, 0.1) is 0 Å². The van der Waals surface area contributed by atoms with Gasteiger partial charge < -0.3 is 14.8 Å². The highest BCUT2D eigenvalue weighted by molar-refractivity contribution is 7.99. The normalized spacial score (nSPS) is 27.1. The van der Waals surface area contributed by atoms with Crippen LogP contribution in [0.4, 0.5) is 0 Å².